The summed E-state index contributed by atoms with van der Waals surface area (Å²) in [4.78, 5) is 11.9. The summed E-state index contributed by atoms with van der Waals surface area (Å²) in [6, 6.07) is -0.438. The number of amides is 1. The number of nitrogens with one attached hydrogen (secondary N) is 1. The highest BCUT2D eigenvalue weighted by Crippen LogP contribution is 2.12. The highest BCUT2D eigenvalue weighted by atomic mass is 35.5. The van der Waals surface area contributed by atoms with Crippen molar-refractivity contribution in [3.63, 3.8) is 0 Å². The third-order valence-electron chi connectivity index (χ3n) is 3.66. The first-order chi connectivity index (χ1) is 8.38. The minimum atomic E-state index is -0.438. The quantitative estimate of drug-likeness (QED) is 0.861. The van der Waals surface area contributed by atoms with Crippen molar-refractivity contribution in [2.75, 3.05) is 0 Å². The monoisotopic (exact) mass is 288 g/mol. The maximum atomic E-state index is 11.9. The number of carbonyl (C=O) groups excluding carboxylic acids is 1. The molecule has 110 valence electrons. The van der Waals surface area contributed by atoms with E-state index in [2.05, 4.69) is 10.4 Å². The van der Waals surface area contributed by atoms with Crippen molar-refractivity contribution in [1.82, 2.24) is 15.1 Å². The fourth-order valence-electron chi connectivity index (χ4n) is 1.88. The summed E-state index contributed by atoms with van der Waals surface area (Å²) in [6.45, 7) is 8.46. The van der Waals surface area contributed by atoms with E-state index in [1.165, 1.54) is 0 Å². The van der Waals surface area contributed by atoms with Crippen molar-refractivity contribution in [2.45, 2.75) is 46.7 Å². The molecule has 1 rings (SSSR count). The molecule has 2 unspecified atom stereocenters. The van der Waals surface area contributed by atoms with Gasteiger partial charge in [0.05, 0.1) is 11.7 Å². The number of carbonyl (C=O) groups is 1. The molecule has 5 nitrogen and oxygen atoms in total. The number of aryl methyl sites for hydroxylation is 2. The molecule has 1 aromatic heterocycles. The van der Waals surface area contributed by atoms with Gasteiger partial charge in [0.25, 0.3) is 0 Å². The molecule has 2 atom stereocenters. The molecule has 0 aliphatic rings. The molecule has 0 radical (unpaired) electrons. The number of nitrogens with zero attached hydrogens (tertiary/aromatic N) is 2. The third-order valence-corrected chi connectivity index (χ3v) is 3.66. The summed E-state index contributed by atoms with van der Waals surface area (Å²) < 4.78 is 1.82. The zero-order chi connectivity index (χ0) is 13.9. The smallest absolute Gasteiger partial charge is 0.237 e. The van der Waals surface area contributed by atoms with Crippen molar-refractivity contribution < 1.29 is 4.79 Å². The van der Waals surface area contributed by atoms with Crippen molar-refractivity contribution in [1.29, 1.82) is 0 Å². The molecule has 6 heteroatoms. The second-order valence-electron chi connectivity index (χ2n) is 4.90. The summed E-state index contributed by atoms with van der Waals surface area (Å²) >= 11 is 0. The van der Waals surface area contributed by atoms with Gasteiger partial charge in [-0.05, 0) is 19.8 Å². The molecule has 1 amide bonds. The zero-order valence-corrected chi connectivity index (χ0v) is 13.2. The Kier molecular flexibility index (Phi) is 7.08. The summed E-state index contributed by atoms with van der Waals surface area (Å²) in [5.74, 6) is 0.105. The summed E-state index contributed by atoms with van der Waals surface area (Å²) in [7, 11) is 1.90. The van der Waals surface area contributed by atoms with Gasteiger partial charge >= 0.3 is 0 Å². The normalized spacial score (nSPS) is 13.6. The van der Waals surface area contributed by atoms with Gasteiger partial charge < -0.3 is 11.1 Å². The maximum absolute atomic E-state index is 11.9. The van der Waals surface area contributed by atoms with Crippen LogP contribution >= 0.6 is 12.4 Å². The number of rotatable bonds is 5. The standard InChI is InChI=1S/C13H24N4O.ClH/c1-6-8(2)12(14)13(18)15-7-11-9(3)16-17(5)10(11)4;/h8,12H,6-7,14H2,1-5H3,(H,15,18);1H. The lowest BCUT2D eigenvalue weighted by Gasteiger charge is -2.17. The first kappa shape index (κ1) is 17.9. The van der Waals surface area contributed by atoms with E-state index in [1.807, 2.05) is 39.4 Å². The Bertz CT molecular complexity index is 431. The minimum Gasteiger partial charge on any atom is -0.351 e. The fourth-order valence-corrected chi connectivity index (χ4v) is 1.88. The van der Waals surface area contributed by atoms with Crippen LogP contribution in [0.4, 0.5) is 0 Å². The largest absolute Gasteiger partial charge is 0.351 e. The van der Waals surface area contributed by atoms with E-state index in [0.29, 0.717) is 6.54 Å². The summed E-state index contributed by atoms with van der Waals surface area (Å²) in [6.07, 6.45) is 0.902. The lowest BCUT2D eigenvalue weighted by Crippen LogP contribution is -2.44. The zero-order valence-electron chi connectivity index (χ0n) is 12.4. The van der Waals surface area contributed by atoms with Gasteiger partial charge in [-0.3, -0.25) is 9.48 Å². The Labute approximate surface area is 121 Å². The van der Waals surface area contributed by atoms with Crippen LogP contribution in [0.1, 0.15) is 37.2 Å². The second-order valence-corrected chi connectivity index (χ2v) is 4.90. The predicted octanol–water partition coefficient (Wildman–Crippen LogP) is 1.45. The highest BCUT2D eigenvalue weighted by Gasteiger charge is 2.19. The molecule has 0 saturated carbocycles. The Morgan fingerprint density at radius 1 is 1.47 bits per heavy atom. The number of hydrogen-bond acceptors (Lipinski definition) is 3. The van der Waals surface area contributed by atoms with Gasteiger partial charge in [0, 0.05) is 24.8 Å². The van der Waals surface area contributed by atoms with Crippen molar-refractivity contribution in [3.8, 4) is 0 Å². The molecule has 1 aromatic rings. The number of nitrogens with two attached hydrogens (primary N) is 1. The second kappa shape index (κ2) is 7.50. The van der Waals surface area contributed by atoms with Gasteiger partial charge in [0.2, 0.25) is 5.91 Å². The lowest BCUT2D eigenvalue weighted by atomic mass is 9.99. The van der Waals surface area contributed by atoms with Gasteiger partial charge in [-0.2, -0.15) is 5.10 Å². The molecule has 3 N–H and O–H groups in total. The molecule has 0 aromatic carbocycles. The highest BCUT2D eigenvalue weighted by molar-refractivity contribution is 5.85. The summed E-state index contributed by atoms with van der Waals surface area (Å²) in [5.41, 5.74) is 8.98. The van der Waals surface area contributed by atoms with Crippen LogP contribution in [0.15, 0.2) is 0 Å². The van der Waals surface area contributed by atoms with Crippen molar-refractivity contribution in [3.05, 3.63) is 17.0 Å². The molecule has 0 spiro atoms. The van der Waals surface area contributed by atoms with Crippen LogP contribution in [-0.2, 0) is 18.4 Å². The maximum Gasteiger partial charge on any atom is 0.237 e. The van der Waals surface area contributed by atoms with E-state index >= 15 is 0 Å². The van der Waals surface area contributed by atoms with Crippen LogP contribution in [0.5, 0.6) is 0 Å². The molecular formula is C13H25ClN4O. The number of aromatic nitrogens is 2. The van der Waals surface area contributed by atoms with E-state index in [9.17, 15) is 4.79 Å². The van der Waals surface area contributed by atoms with Crippen LogP contribution in [0.25, 0.3) is 0 Å². The van der Waals surface area contributed by atoms with E-state index in [0.717, 1.165) is 23.4 Å². The van der Waals surface area contributed by atoms with Crippen LogP contribution < -0.4 is 11.1 Å². The Hall–Kier alpha value is -1.07. The van der Waals surface area contributed by atoms with Gasteiger partial charge in [0.1, 0.15) is 0 Å². The van der Waals surface area contributed by atoms with Crippen LogP contribution in [0.3, 0.4) is 0 Å². The lowest BCUT2D eigenvalue weighted by molar-refractivity contribution is -0.123. The van der Waals surface area contributed by atoms with Gasteiger partial charge in [-0.1, -0.05) is 20.3 Å². The minimum absolute atomic E-state index is 0. The molecule has 0 aliphatic heterocycles. The topological polar surface area (TPSA) is 72.9 Å². The fraction of sp³-hybridized carbons (Fsp3) is 0.692. The summed E-state index contributed by atoms with van der Waals surface area (Å²) in [5, 5.41) is 7.21. The van der Waals surface area contributed by atoms with E-state index < -0.39 is 6.04 Å². The molecule has 1 heterocycles. The molecule has 0 saturated heterocycles. The number of halogens is 1. The first-order valence-corrected chi connectivity index (χ1v) is 6.40. The van der Waals surface area contributed by atoms with E-state index in [1.54, 1.807) is 0 Å². The number of hydrogen-bond donors (Lipinski definition) is 2. The van der Waals surface area contributed by atoms with Crippen LogP contribution in [0, 0.1) is 19.8 Å². The van der Waals surface area contributed by atoms with Gasteiger partial charge in [0.15, 0.2) is 0 Å². The van der Waals surface area contributed by atoms with E-state index in [-0.39, 0.29) is 24.2 Å². The Morgan fingerprint density at radius 2 is 2.05 bits per heavy atom. The van der Waals surface area contributed by atoms with Crippen LogP contribution in [-0.4, -0.2) is 21.7 Å². The molecule has 0 bridgehead atoms. The predicted molar refractivity (Wildman–Crippen MR) is 79.2 cm³/mol. The third kappa shape index (κ3) is 4.21. The van der Waals surface area contributed by atoms with Crippen molar-refractivity contribution >= 4 is 18.3 Å². The van der Waals surface area contributed by atoms with Gasteiger partial charge in [-0.25, -0.2) is 0 Å². The SMILES string of the molecule is CCC(C)C(N)C(=O)NCc1c(C)nn(C)c1C.Cl. The van der Waals surface area contributed by atoms with E-state index in [4.69, 9.17) is 5.73 Å². The average molecular weight is 289 g/mol. The first-order valence-electron chi connectivity index (χ1n) is 6.40. The van der Waals surface area contributed by atoms with Crippen LogP contribution in [0.2, 0.25) is 0 Å². The average Bonchev–Trinajstić information content (AvgIpc) is 2.59. The van der Waals surface area contributed by atoms with Gasteiger partial charge in [-0.15, -0.1) is 12.4 Å². The molecule has 0 aliphatic carbocycles. The molecule has 0 fully saturated rings. The Balaban J connectivity index is 0.00000324. The molecular weight excluding hydrogens is 264 g/mol. The molecule has 19 heavy (non-hydrogen) atoms. The van der Waals surface area contributed by atoms with Crippen molar-refractivity contribution in [2.24, 2.45) is 18.7 Å². The Morgan fingerprint density at radius 3 is 2.47 bits per heavy atom.